The summed E-state index contributed by atoms with van der Waals surface area (Å²) in [7, 11) is 1.44. The molecule has 1 heterocycles. The van der Waals surface area contributed by atoms with E-state index in [0.29, 0.717) is 63.7 Å². The van der Waals surface area contributed by atoms with Crippen LogP contribution in [0.3, 0.4) is 0 Å². The van der Waals surface area contributed by atoms with Crippen molar-refractivity contribution in [3.63, 3.8) is 0 Å². The molecule has 4 amide bonds. The number of aliphatic carboxylic acids is 1. The molecule has 16 heteroatoms. The Morgan fingerprint density at radius 2 is 1.42 bits per heavy atom. The van der Waals surface area contributed by atoms with Gasteiger partial charge in [0.1, 0.15) is 48.9 Å². The second-order valence-electron chi connectivity index (χ2n) is 14.4. The van der Waals surface area contributed by atoms with E-state index >= 15 is 0 Å². The number of carbonyl (C=O) groups is 5. The van der Waals surface area contributed by atoms with Crippen LogP contribution in [-0.2, 0) is 25.6 Å². The molecule has 318 valence electrons. The van der Waals surface area contributed by atoms with Crippen LogP contribution in [0.25, 0.3) is 22.3 Å². The number of hydrogen-bond acceptors (Lipinski definition) is 10. The fourth-order valence-electron chi connectivity index (χ4n) is 6.89. The minimum Gasteiger partial charge on any atom is -0.492 e. The van der Waals surface area contributed by atoms with Crippen LogP contribution in [0.1, 0.15) is 53.7 Å². The highest BCUT2D eigenvalue weighted by Crippen LogP contribution is 2.40. The fourth-order valence-corrected chi connectivity index (χ4v) is 7.02. The second kappa shape index (κ2) is 21.3. The molecule has 60 heavy (non-hydrogen) atoms. The van der Waals surface area contributed by atoms with E-state index in [0.717, 1.165) is 11.1 Å². The van der Waals surface area contributed by atoms with E-state index in [1.165, 1.54) is 18.9 Å². The Morgan fingerprint density at radius 1 is 0.817 bits per heavy atom. The number of nitrogens with two attached hydrogens (primary N) is 3. The fraction of sp³-hybridized carbons (Fsp3) is 0.341. The molecule has 1 aliphatic heterocycles. The highest BCUT2D eigenvalue weighted by Gasteiger charge is 2.36. The van der Waals surface area contributed by atoms with E-state index in [-0.39, 0.29) is 39.1 Å². The molecular weight excluding hydrogens is 790 g/mol. The first-order valence-corrected chi connectivity index (χ1v) is 20.1. The quantitative estimate of drug-likeness (QED) is 0.0807. The van der Waals surface area contributed by atoms with Gasteiger partial charge in [0, 0.05) is 48.3 Å². The highest BCUT2D eigenvalue weighted by molar-refractivity contribution is 6.30. The molecule has 5 rings (SSSR count). The molecule has 0 radical (unpaired) electrons. The number of hydrogen-bond donors (Lipinski definition) is 7. The standard InChI is InChI=1S/C44H52ClN7O8/c1-26-40(53)51-36(44(57)58)24-27-6-16-37(59-21-19-47)33(23-27)34-25-31(13-17-38(34)60-22-20-48)39(42(55)49-26)52(2)43(56)35(5-3-4-18-46)50-41(54)30-9-7-28(8-10-30)29-11-14-32(45)15-12-29/h6-17,23,25-26,35-36,39H,3-5,18-22,24,46-48H2,1-2H3,(H,49,55)(H,50,54)(H,51,53)(H,57,58)/t26-,35-,36-,39-/m0/s1. The van der Waals surface area contributed by atoms with Crippen molar-refractivity contribution in [3.05, 3.63) is 107 Å². The number of carboxylic acids is 1. The van der Waals surface area contributed by atoms with Crippen LogP contribution in [0.15, 0.2) is 84.9 Å². The summed E-state index contributed by atoms with van der Waals surface area (Å²) in [6.45, 7) is 2.48. The minimum absolute atomic E-state index is 0.0891. The number of benzene rings is 4. The van der Waals surface area contributed by atoms with Gasteiger partial charge >= 0.3 is 5.97 Å². The molecule has 4 aromatic rings. The molecule has 0 aliphatic carbocycles. The van der Waals surface area contributed by atoms with Gasteiger partial charge in [0.05, 0.1) is 0 Å². The van der Waals surface area contributed by atoms with Gasteiger partial charge in [-0.1, -0.05) is 48.0 Å². The maximum Gasteiger partial charge on any atom is 0.326 e. The summed E-state index contributed by atoms with van der Waals surface area (Å²) in [6.07, 6.45) is 1.20. The molecule has 0 saturated carbocycles. The Kier molecular flexibility index (Phi) is 16.0. The van der Waals surface area contributed by atoms with Crippen LogP contribution >= 0.6 is 11.6 Å². The van der Waals surface area contributed by atoms with Gasteiger partial charge in [-0.05, 0) is 104 Å². The van der Waals surface area contributed by atoms with E-state index in [1.807, 2.05) is 12.1 Å². The van der Waals surface area contributed by atoms with E-state index in [9.17, 15) is 29.1 Å². The summed E-state index contributed by atoms with van der Waals surface area (Å²) >= 11 is 6.05. The molecule has 4 bridgehead atoms. The summed E-state index contributed by atoms with van der Waals surface area (Å²) < 4.78 is 12.1. The lowest BCUT2D eigenvalue weighted by atomic mass is 9.93. The average molecular weight is 842 g/mol. The van der Waals surface area contributed by atoms with Crippen molar-refractivity contribution in [1.29, 1.82) is 0 Å². The van der Waals surface area contributed by atoms with Gasteiger partial charge in [-0.3, -0.25) is 19.2 Å². The Morgan fingerprint density at radius 3 is 2.02 bits per heavy atom. The van der Waals surface area contributed by atoms with E-state index in [2.05, 4.69) is 16.0 Å². The summed E-state index contributed by atoms with van der Waals surface area (Å²) in [4.78, 5) is 69.9. The lowest BCUT2D eigenvalue weighted by Crippen LogP contribution is -2.54. The number of likely N-dealkylation sites (N-methyl/N-ethyl adjacent to an activating group) is 1. The number of halogens is 1. The van der Waals surface area contributed by atoms with Crippen molar-refractivity contribution in [3.8, 4) is 33.8 Å². The number of carbonyl (C=O) groups excluding carboxylic acids is 4. The molecule has 4 atom stereocenters. The van der Waals surface area contributed by atoms with Gasteiger partial charge in [-0.25, -0.2) is 4.79 Å². The van der Waals surface area contributed by atoms with Crippen molar-refractivity contribution in [2.24, 2.45) is 17.2 Å². The van der Waals surface area contributed by atoms with E-state index < -0.39 is 53.8 Å². The molecule has 0 fully saturated rings. The van der Waals surface area contributed by atoms with Gasteiger partial charge < -0.3 is 52.6 Å². The molecule has 15 nitrogen and oxygen atoms in total. The highest BCUT2D eigenvalue weighted by atomic mass is 35.5. The monoisotopic (exact) mass is 841 g/mol. The normalized spacial score (nSPS) is 17.0. The molecule has 0 spiro atoms. The number of nitrogens with zero attached hydrogens (tertiary/aromatic N) is 1. The number of unbranched alkanes of at least 4 members (excludes halogenated alkanes) is 1. The first-order valence-electron chi connectivity index (χ1n) is 19.7. The lowest BCUT2D eigenvalue weighted by molar-refractivity contribution is -0.143. The van der Waals surface area contributed by atoms with Crippen molar-refractivity contribution in [2.45, 2.75) is 56.8 Å². The Hall–Kier alpha value is -6.00. The summed E-state index contributed by atoms with van der Waals surface area (Å²) in [6, 6.07) is 19.3. The zero-order chi connectivity index (χ0) is 43.3. The van der Waals surface area contributed by atoms with Gasteiger partial charge in [0.15, 0.2) is 0 Å². The molecule has 0 unspecified atom stereocenters. The second-order valence-corrected chi connectivity index (χ2v) is 14.9. The number of rotatable bonds is 16. The van der Waals surface area contributed by atoms with Crippen LogP contribution in [-0.4, -0.2) is 97.6 Å². The zero-order valence-corrected chi connectivity index (χ0v) is 34.4. The average Bonchev–Trinajstić information content (AvgIpc) is 3.24. The molecule has 0 saturated heterocycles. The Balaban J connectivity index is 1.57. The third-order valence-electron chi connectivity index (χ3n) is 10.1. The number of carboxylic acid groups (broad SMARTS) is 1. The number of fused-ring (bicyclic) bond motifs is 5. The first-order chi connectivity index (χ1) is 28.8. The predicted molar refractivity (Wildman–Crippen MR) is 228 cm³/mol. The summed E-state index contributed by atoms with van der Waals surface area (Å²) in [5.74, 6) is -3.08. The van der Waals surface area contributed by atoms with Crippen molar-refractivity contribution in [1.82, 2.24) is 20.9 Å². The first kappa shape index (κ1) is 45.1. The molecule has 1 aliphatic rings. The minimum atomic E-state index is -1.36. The summed E-state index contributed by atoms with van der Waals surface area (Å²) in [5.41, 5.74) is 21.3. The third kappa shape index (κ3) is 11.4. The van der Waals surface area contributed by atoms with E-state index in [1.54, 1.807) is 72.8 Å². The van der Waals surface area contributed by atoms with Crippen LogP contribution in [0.4, 0.5) is 0 Å². The van der Waals surface area contributed by atoms with Gasteiger partial charge in [-0.2, -0.15) is 0 Å². The van der Waals surface area contributed by atoms with Crippen molar-refractivity contribution >= 4 is 41.2 Å². The SMILES string of the molecule is C[C@@H]1NC(=O)[C@@H](N(C)C(=O)[C@H](CCCCN)NC(=O)c2ccc(-c3ccc(Cl)cc3)cc2)c2ccc(OCCN)c(c2)-c2cc(ccc2OCCN)C[C@@H](C(=O)O)NC1=O. The van der Waals surface area contributed by atoms with Crippen LogP contribution in [0.2, 0.25) is 5.02 Å². The van der Waals surface area contributed by atoms with E-state index in [4.69, 9.17) is 38.3 Å². The van der Waals surface area contributed by atoms with Crippen LogP contribution in [0.5, 0.6) is 11.5 Å². The molecule has 10 N–H and O–H groups in total. The zero-order valence-electron chi connectivity index (χ0n) is 33.6. The smallest absolute Gasteiger partial charge is 0.326 e. The Bertz CT molecular complexity index is 2150. The maximum absolute atomic E-state index is 14.6. The predicted octanol–water partition coefficient (Wildman–Crippen LogP) is 3.41. The third-order valence-corrected chi connectivity index (χ3v) is 10.3. The molecule has 0 aromatic heterocycles. The number of ether oxygens (including phenoxy) is 2. The topological polar surface area (TPSA) is 241 Å². The van der Waals surface area contributed by atoms with Gasteiger partial charge in [-0.15, -0.1) is 0 Å². The molecule has 4 aromatic carbocycles. The van der Waals surface area contributed by atoms with Crippen molar-refractivity contribution < 1.29 is 38.6 Å². The summed E-state index contributed by atoms with van der Waals surface area (Å²) in [5, 5.41) is 18.8. The van der Waals surface area contributed by atoms with Crippen LogP contribution < -0.4 is 42.6 Å². The number of nitrogens with one attached hydrogen (secondary N) is 3. The lowest BCUT2D eigenvalue weighted by Gasteiger charge is -2.32. The van der Waals surface area contributed by atoms with Gasteiger partial charge in [0.2, 0.25) is 17.7 Å². The molecular formula is C44H52ClN7O8. The van der Waals surface area contributed by atoms with Crippen molar-refractivity contribution in [2.75, 3.05) is 39.9 Å². The number of amides is 4. The largest absolute Gasteiger partial charge is 0.492 e. The van der Waals surface area contributed by atoms with Crippen LogP contribution in [0, 0.1) is 0 Å². The Labute approximate surface area is 353 Å². The van der Waals surface area contributed by atoms with Gasteiger partial charge in [0.25, 0.3) is 5.91 Å². The maximum atomic E-state index is 14.6.